The van der Waals surface area contributed by atoms with Crippen molar-refractivity contribution in [2.75, 3.05) is 31.5 Å². The molecule has 1 saturated heterocycles. The van der Waals surface area contributed by atoms with E-state index in [0.29, 0.717) is 18.3 Å². The third-order valence-corrected chi connectivity index (χ3v) is 5.70. The first-order chi connectivity index (χ1) is 13.2. The molecule has 1 saturated carbocycles. The van der Waals surface area contributed by atoms with E-state index in [1.54, 1.807) is 18.6 Å². The second kappa shape index (κ2) is 10.3. The average Bonchev–Trinajstić information content (AvgIpc) is 2.97. The van der Waals surface area contributed by atoms with E-state index in [1.165, 1.54) is 25.7 Å². The number of carbonyl (C=O) groups excluding carboxylic acids is 2. The van der Waals surface area contributed by atoms with Gasteiger partial charge in [0.2, 0.25) is 11.8 Å². The highest BCUT2D eigenvalue weighted by Crippen LogP contribution is 2.23. The molecule has 2 heterocycles. The fourth-order valence-electron chi connectivity index (χ4n) is 4.03. The highest BCUT2D eigenvalue weighted by Gasteiger charge is 2.24. The van der Waals surface area contributed by atoms with Gasteiger partial charge in [-0.25, -0.2) is 4.98 Å². The molecule has 2 N–H and O–H groups in total. The van der Waals surface area contributed by atoms with E-state index in [1.807, 2.05) is 0 Å². The number of hydrogen-bond acceptors (Lipinski definition) is 5. The van der Waals surface area contributed by atoms with Crippen LogP contribution in [0, 0.1) is 11.8 Å². The van der Waals surface area contributed by atoms with Crippen LogP contribution in [-0.2, 0) is 9.59 Å². The molecule has 1 aromatic heterocycles. The molecular weight excluding hydrogens is 342 g/mol. The number of likely N-dealkylation sites (tertiary alicyclic amines) is 1. The van der Waals surface area contributed by atoms with E-state index in [9.17, 15) is 9.59 Å². The molecule has 0 aromatic carbocycles. The lowest BCUT2D eigenvalue weighted by Crippen LogP contribution is -2.42. The molecule has 0 unspecified atom stereocenters. The Morgan fingerprint density at radius 3 is 2.44 bits per heavy atom. The Hall–Kier alpha value is -2.02. The first-order valence-corrected chi connectivity index (χ1v) is 10.3. The van der Waals surface area contributed by atoms with Crippen LogP contribution in [-0.4, -0.2) is 52.9 Å². The van der Waals surface area contributed by atoms with E-state index in [4.69, 9.17) is 0 Å². The third kappa shape index (κ3) is 6.57. The van der Waals surface area contributed by atoms with Crippen LogP contribution in [0.5, 0.6) is 0 Å². The summed E-state index contributed by atoms with van der Waals surface area (Å²) in [5.41, 5.74) is 0. The van der Waals surface area contributed by atoms with Crippen molar-refractivity contribution in [3.05, 3.63) is 18.6 Å². The molecule has 2 aliphatic rings. The van der Waals surface area contributed by atoms with Crippen molar-refractivity contribution in [2.24, 2.45) is 11.8 Å². The molecule has 148 valence electrons. The molecule has 2 fully saturated rings. The van der Waals surface area contributed by atoms with Gasteiger partial charge in [0, 0.05) is 24.9 Å². The van der Waals surface area contributed by atoms with Crippen LogP contribution < -0.4 is 10.6 Å². The zero-order valence-corrected chi connectivity index (χ0v) is 16.0. The van der Waals surface area contributed by atoms with Crippen molar-refractivity contribution in [3.8, 4) is 0 Å². The summed E-state index contributed by atoms with van der Waals surface area (Å²) in [4.78, 5) is 34.7. The molecule has 1 aliphatic heterocycles. The number of rotatable bonds is 6. The smallest absolute Gasteiger partial charge is 0.239 e. The Kier molecular flexibility index (Phi) is 7.56. The summed E-state index contributed by atoms with van der Waals surface area (Å²) < 4.78 is 0. The van der Waals surface area contributed by atoms with Gasteiger partial charge < -0.3 is 10.6 Å². The normalized spacial score (nSPS) is 20.0. The zero-order chi connectivity index (χ0) is 18.9. The van der Waals surface area contributed by atoms with E-state index < -0.39 is 0 Å². The number of nitrogens with one attached hydrogen (secondary N) is 2. The van der Waals surface area contributed by atoms with E-state index in [-0.39, 0.29) is 17.7 Å². The van der Waals surface area contributed by atoms with Crippen LogP contribution in [0.1, 0.15) is 51.4 Å². The molecule has 0 spiro atoms. The van der Waals surface area contributed by atoms with E-state index >= 15 is 0 Å². The predicted molar refractivity (Wildman–Crippen MR) is 104 cm³/mol. The second-order valence-corrected chi connectivity index (χ2v) is 7.79. The summed E-state index contributed by atoms with van der Waals surface area (Å²) in [6.45, 7) is 2.92. The third-order valence-electron chi connectivity index (χ3n) is 5.70. The minimum Gasteiger partial charge on any atom is -0.356 e. The maximum absolute atomic E-state index is 12.4. The summed E-state index contributed by atoms with van der Waals surface area (Å²) in [6.07, 6.45) is 13.7. The van der Waals surface area contributed by atoms with Gasteiger partial charge in [-0.3, -0.25) is 19.5 Å². The van der Waals surface area contributed by atoms with Gasteiger partial charge in [0.25, 0.3) is 0 Å². The molecule has 7 nitrogen and oxygen atoms in total. The highest BCUT2D eigenvalue weighted by atomic mass is 16.2. The number of aromatic nitrogens is 2. The first-order valence-electron chi connectivity index (χ1n) is 10.3. The summed E-state index contributed by atoms with van der Waals surface area (Å²) in [5.74, 6) is 1.41. The monoisotopic (exact) mass is 373 g/mol. The van der Waals surface area contributed by atoms with Gasteiger partial charge in [-0.15, -0.1) is 0 Å². The van der Waals surface area contributed by atoms with Crippen LogP contribution in [0.2, 0.25) is 0 Å². The number of carbonyl (C=O) groups is 2. The average molecular weight is 374 g/mol. The molecule has 1 aliphatic carbocycles. The van der Waals surface area contributed by atoms with Gasteiger partial charge in [0.05, 0.1) is 12.7 Å². The van der Waals surface area contributed by atoms with Crippen LogP contribution in [0.3, 0.4) is 0 Å². The topological polar surface area (TPSA) is 87.2 Å². The summed E-state index contributed by atoms with van der Waals surface area (Å²) in [6, 6.07) is 0. The van der Waals surface area contributed by atoms with Crippen molar-refractivity contribution < 1.29 is 9.59 Å². The largest absolute Gasteiger partial charge is 0.356 e. The Balaban J connectivity index is 1.32. The molecule has 1 aromatic rings. The van der Waals surface area contributed by atoms with Crippen molar-refractivity contribution >= 4 is 17.6 Å². The van der Waals surface area contributed by atoms with Crippen LogP contribution in [0.4, 0.5) is 5.82 Å². The van der Waals surface area contributed by atoms with Crippen molar-refractivity contribution in [3.63, 3.8) is 0 Å². The summed E-state index contributed by atoms with van der Waals surface area (Å²) in [5, 5.41) is 5.96. The Morgan fingerprint density at radius 2 is 1.78 bits per heavy atom. The van der Waals surface area contributed by atoms with Crippen molar-refractivity contribution in [1.82, 2.24) is 20.2 Å². The minimum absolute atomic E-state index is 0.0596. The molecule has 3 rings (SSSR count). The predicted octanol–water partition coefficient (Wildman–Crippen LogP) is 2.21. The van der Waals surface area contributed by atoms with E-state index in [2.05, 4.69) is 25.5 Å². The number of hydrogen-bond donors (Lipinski definition) is 2. The summed E-state index contributed by atoms with van der Waals surface area (Å²) >= 11 is 0. The lowest BCUT2D eigenvalue weighted by atomic mass is 9.95. The second-order valence-electron chi connectivity index (χ2n) is 7.79. The Labute approximate surface area is 161 Å². The molecular formula is C20H31N5O2. The maximum atomic E-state index is 12.4. The fourth-order valence-corrected chi connectivity index (χ4v) is 4.03. The molecule has 7 heteroatoms. The molecule has 0 bridgehead atoms. The van der Waals surface area contributed by atoms with Gasteiger partial charge in [0.1, 0.15) is 0 Å². The fraction of sp³-hybridized carbons (Fsp3) is 0.700. The maximum Gasteiger partial charge on any atom is 0.239 e. The number of anilines is 1. The molecule has 0 atom stereocenters. The molecule has 27 heavy (non-hydrogen) atoms. The van der Waals surface area contributed by atoms with Crippen LogP contribution >= 0.6 is 0 Å². The van der Waals surface area contributed by atoms with Gasteiger partial charge in [-0.2, -0.15) is 0 Å². The number of nitrogens with zero attached hydrogens (tertiary/aromatic N) is 3. The first kappa shape index (κ1) is 19.7. The molecule has 0 radical (unpaired) electrons. The number of amides is 2. The lowest BCUT2D eigenvalue weighted by molar-refractivity contribution is -0.125. The van der Waals surface area contributed by atoms with Crippen LogP contribution in [0.25, 0.3) is 0 Å². The van der Waals surface area contributed by atoms with Gasteiger partial charge in [-0.05, 0) is 44.7 Å². The minimum atomic E-state index is -0.0596. The zero-order valence-electron chi connectivity index (χ0n) is 16.0. The van der Waals surface area contributed by atoms with Crippen molar-refractivity contribution in [1.29, 1.82) is 0 Å². The number of piperidine rings is 1. The summed E-state index contributed by atoms with van der Waals surface area (Å²) in [7, 11) is 0. The van der Waals surface area contributed by atoms with Gasteiger partial charge in [0.15, 0.2) is 5.82 Å². The SMILES string of the molecule is O=C(CN1CCC(CNC(=O)C2CCCCCC2)CC1)Nc1cnccn1. The highest BCUT2D eigenvalue weighted by molar-refractivity contribution is 5.91. The molecule has 2 amide bonds. The quantitative estimate of drug-likeness (QED) is 0.747. The standard InChI is InChI=1S/C20H31N5O2/c26-19(24-18-14-21-9-10-22-18)15-25-11-7-16(8-12-25)13-23-20(27)17-5-3-1-2-4-6-17/h9-10,14,16-17H,1-8,11-13,15H2,(H,23,27)(H,22,24,26). The Morgan fingerprint density at radius 1 is 1.04 bits per heavy atom. The van der Waals surface area contributed by atoms with Gasteiger partial charge in [-0.1, -0.05) is 25.7 Å². The van der Waals surface area contributed by atoms with Crippen LogP contribution in [0.15, 0.2) is 18.6 Å². The Bertz CT molecular complexity index is 594. The lowest BCUT2D eigenvalue weighted by Gasteiger charge is -2.31. The van der Waals surface area contributed by atoms with Gasteiger partial charge >= 0.3 is 0 Å². The van der Waals surface area contributed by atoms with Crippen molar-refractivity contribution in [2.45, 2.75) is 51.4 Å². The van der Waals surface area contributed by atoms with E-state index in [0.717, 1.165) is 45.3 Å².